The van der Waals surface area contributed by atoms with E-state index in [-0.39, 0.29) is 5.91 Å². The van der Waals surface area contributed by atoms with Gasteiger partial charge in [0.15, 0.2) is 0 Å². The number of nitrogens with zero attached hydrogens (tertiary/aromatic N) is 3. The number of ether oxygens (including phenoxy) is 1. The second-order valence-electron chi connectivity index (χ2n) is 5.57. The summed E-state index contributed by atoms with van der Waals surface area (Å²) >= 11 is 0. The summed E-state index contributed by atoms with van der Waals surface area (Å²) in [5.41, 5.74) is 2.10. The largest absolute Gasteiger partial charge is 0.477 e. The summed E-state index contributed by atoms with van der Waals surface area (Å²) in [6.07, 6.45) is 3.99. The number of carbonyl (C=O) groups excluding carboxylic acids is 1. The van der Waals surface area contributed by atoms with Crippen molar-refractivity contribution in [3.8, 4) is 5.88 Å². The van der Waals surface area contributed by atoms with E-state index < -0.39 is 0 Å². The molecule has 1 aliphatic carbocycles. The average molecular weight is 298 g/mol. The number of amides is 1. The van der Waals surface area contributed by atoms with Gasteiger partial charge in [-0.1, -0.05) is 0 Å². The van der Waals surface area contributed by atoms with E-state index >= 15 is 0 Å². The van der Waals surface area contributed by atoms with Crippen molar-refractivity contribution in [2.45, 2.75) is 26.7 Å². The summed E-state index contributed by atoms with van der Waals surface area (Å²) in [6, 6.07) is 5.13. The Hall–Kier alpha value is -2.50. The number of pyridine rings is 1. The third-order valence-corrected chi connectivity index (χ3v) is 3.37. The fourth-order valence-corrected chi connectivity index (χ4v) is 2.07. The minimum Gasteiger partial charge on any atom is -0.477 e. The van der Waals surface area contributed by atoms with Crippen molar-refractivity contribution in [3.63, 3.8) is 0 Å². The molecule has 6 nitrogen and oxygen atoms in total. The van der Waals surface area contributed by atoms with E-state index in [1.165, 1.54) is 12.8 Å². The lowest BCUT2D eigenvalue weighted by atomic mass is 10.2. The highest BCUT2D eigenvalue weighted by molar-refractivity contribution is 6.03. The molecule has 0 aromatic carbocycles. The topological polar surface area (TPSA) is 77.0 Å². The molecule has 114 valence electrons. The van der Waals surface area contributed by atoms with Crippen LogP contribution in [0.2, 0.25) is 0 Å². The zero-order valence-electron chi connectivity index (χ0n) is 12.7. The van der Waals surface area contributed by atoms with Gasteiger partial charge in [0.05, 0.1) is 6.61 Å². The van der Waals surface area contributed by atoms with Crippen molar-refractivity contribution in [2.24, 2.45) is 5.92 Å². The van der Waals surface area contributed by atoms with Crippen molar-refractivity contribution in [1.29, 1.82) is 0 Å². The van der Waals surface area contributed by atoms with Crippen LogP contribution in [0.25, 0.3) is 0 Å². The van der Waals surface area contributed by atoms with Gasteiger partial charge in [-0.3, -0.25) is 10.1 Å². The second-order valence-corrected chi connectivity index (χ2v) is 5.57. The van der Waals surface area contributed by atoms with Crippen molar-refractivity contribution in [3.05, 3.63) is 41.3 Å². The Morgan fingerprint density at radius 3 is 2.68 bits per heavy atom. The number of rotatable bonds is 5. The number of hydrogen-bond donors (Lipinski definition) is 1. The van der Waals surface area contributed by atoms with Gasteiger partial charge in [0.25, 0.3) is 5.91 Å². The number of carbonyl (C=O) groups is 1. The molecule has 0 radical (unpaired) electrons. The molecule has 0 aliphatic heterocycles. The van der Waals surface area contributed by atoms with Crippen LogP contribution in [0.15, 0.2) is 24.4 Å². The van der Waals surface area contributed by atoms with Gasteiger partial charge in [-0.2, -0.15) is 0 Å². The van der Waals surface area contributed by atoms with Gasteiger partial charge in [-0.15, -0.1) is 0 Å². The number of aromatic nitrogens is 3. The molecule has 6 heteroatoms. The molecular formula is C16H18N4O2. The van der Waals surface area contributed by atoms with Crippen LogP contribution in [-0.4, -0.2) is 27.5 Å². The summed E-state index contributed by atoms with van der Waals surface area (Å²) < 4.78 is 5.59. The molecule has 3 rings (SSSR count). The van der Waals surface area contributed by atoms with Crippen molar-refractivity contribution in [1.82, 2.24) is 15.0 Å². The van der Waals surface area contributed by atoms with Gasteiger partial charge in [0.1, 0.15) is 0 Å². The third kappa shape index (κ3) is 3.78. The van der Waals surface area contributed by atoms with Gasteiger partial charge in [0, 0.05) is 29.2 Å². The van der Waals surface area contributed by atoms with E-state index in [0.29, 0.717) is 29.9 Å². The van der Waals surface area contributed by atoms with Gasteiger partial charge >= 0.3 is 0 Å². The highest BCUT2D eigenvalue weighted by Gasteiger charge is 2.22. The average Bonchev–Trinajstić information content (AvgIpc) is 3.28. The van der Waals surface area contributed by atoms with E-state index in [1.807, 2.05) is 19.9 Å². The van der Waals surface area contributed by atoms with Crippen molar-refractivity contribution >= 4 is 11.9 Å². The molecule has 2 aromatic rings. The van der Waals surface area contributed by atoms with Crippen LogP contribution >= 0.6 is 0 Å². The summed E-state index contributed by atoms with van der Waals surface area (Å²) in [5.74, 6) is 1.15. The van der Waals surface area contributed by atoms with Crippen LogP contribution in [0.5, 0.6) is 5.88 Å². The van der Waals surface area contributed by atoms with Crippen LogP contribution in [0.3, 0.4) is 0 Å². The molecule has 1 saturated carbocycles. The molecule has 0 unspecified atom stereocenters. The Bertz CT molecular complexity index is 678. The summed E-state index contributed by atoms with van der Waals surface area (Å²) in [4.78, 5) is 24.8. The fourth-order valence-electron chi connectivity index (χ4n) is 2.07. The lowest BCUT2D eigenvalue weighted by molar-refractivity contribution is 0.102. The van der Waals surface area contributed by atoms with E-state index in [1.54, 1.807) is 18.3 Å². The molecule has 1 N–H and O–H groups in total. The quantitative estimate of drug-likeness (QED) is 0.917. The van der Waals surface area contributed by atoms with E-state index in [4.69, 9.17) is 4.74 Å². The highest BCUT2D eigenvalue weighted by Crippen LogP contribution is 2.29. The number of anilines is 1. The first-order valence-corrected chi connectivity index (χ1v) is 7.32. The van der Waals surface area contributed by atoms with E-state index in [9.17, 15) is 4.79 Å². The zero-order valence-corrected chi connectivity index (χ0v) is 12.7. The maximum absolute atomic E-state index is 12.3. The monoisotopic (exact) mass is 298 g/mol. The molecule has 0 saturated heterocycles. The van der Waals surface area contributed by atoms with Gasteiger partial charge in [-0.05, 0) is 44.7 Å². The lowest BCUT2D eigenvalue weighted by Crippen LogP contribution is -2.15. The van der Waals surface area contributed by atoms with Gasteiger partial charge in [0.2, 0.25) is 11.8 Å². The standard InChI is InChI=1S/C16H18N4O2/c1-10-7-11(2)19-16(18-10)20-15(21)13-5-6-17-14(8-13)22-9-12-3-4-12/h5-8,12H,3-4,9H2,1-2H3,(H,18,19,20,21). The predicted molar refractivity (Wildman–Crippen MR) is 81.9 cm³/mol. The fraction of sp³-hybridized carbons (Fsp3) is 0.375. The number of nitrogens with one attached hydrogen (secondary N) is 1. The smallest absolute Gasteiger partial charge is 0.258 e. The molecule has 0 bridgehead atoms. The van der Waals surface area contributed by atoms with Gasteiger partial charge < -0.3 is 4.74 Å². The first-order valence-electron chi connectivity index (χ1n) is 7.32. The molecule has 2 aromatic heterocycles. The number of aryl methyl sites for hydroxylation is 2. The van der Waals surface area contributed by atoms with Crippen LogP contribution in [0, 0.1) is 19.8 Å². The van der Waals surface area contributed by atoms with Crippen LogP contribution in [0.4, 0.5) is 5.95 Å². The first kappa shape index (κ1) is 14.4. The molecular weight excluding hydrogens is 280 g/mol. The molecule has 1 amide bonds. The van der Waals surface area contributed by atoms with Crippen LogP contribution in [0.1, 0.15) is 34.6 Å². The molecule has 0 spiro atoms. The Morgan fingerprint density at radius 1 is 1.27 bits per heavy atom. The maximum atomic E-state index is 12.3. The Kier molecular flexibility index (Phi) is 4.00. The Labute approximate surface area is 129 Å². The molecule has 2 heterocycles. The predicted octanol–water partition coefficient (Wildman–Crippen LogP) is 2.53. The van der Waals surface area contributed by atoms with E-state index in [0.717, 1.165) is 11.4 Å². The van der Waals surface area contributed by atoms with Crippen LogP contribution in [-0.2, 0) is 0 Å². The second kappa shape index (κ2) is 6.09. The SMILES string of the molecule is Cc1cc(C)nc(NC(=O)c2ccnc(OCC3CC3)c2)n1. The number of hydrogen-bond acceptors (Lipinski definition) is 5. The molecule has 22 heavy (non-hydrogen) atoms. The summed E-state index contributed by atoms with van der Waals surface area (Å²) in [6.45, 7) is 4.39. The first-order chi connectivity index (χ1) is 10.6. The highest BCUT2D eigenvalue weighted by atomic mass is 16.5. The summed E-state index contributed by atoms with van der Waals surface area (Å²) in [7, 11) is 0. The lowest BCUT2D eigenvalue weighted by Gasteiger charge is -2.07. The Morgan fingerprint density at radius 2 is 2.00 bits per heavy atom. The van der Waals surface area contributed by atoms with E-state index in [2.05, 4.69) is 20.3 Å². The maximum Gasteiger partial charge on any atom is 0.258 e. The summed E-state index contributed by atoms with van der Waals surface area (Å²) in [5, 5.41) is 2.70. The third-order valence-electron chi connectivity index (χ3n) is 3.37. The molecule has 0 atom stereocenters. The molecule has 1 fully saturated rings. The van der Waals surface area contributed by atoms with Crippen molar-refractivity contribution < 1.29 is 9.53 Å². The van der Waals surface area contributed by atoms with Crippen molar-refractivity contribution in [2.75, 3.05) is 11.9 Å². The molecule has 1 aliphatic rings. The zero-order chi connectivity index (χ0) is 15.5. The van der Waals surface area contributed by atoms with Gasteiger partial charge in [-0.25, -0.2) is 15.0 Å². The minimum absolute atomic E-state index is 0.274. The Balaban J connectivity index is 1.69. The minimum atomic E-state index is -0.274. The van der Waals surface area contributed by atoms with Crippen LogP contribution < -0.4 is 10.1 Å². The normalized spacial score (nSPS) is 13.7.